The van der Waals surface area contributed by atoms with Crippen LogP contribution in [0, 0.1) is 5.92 Å². The Hall–Kier alpha value is -2.60. The van der Waals surface area contributed by atoms with Crippen molar-refractivity contribution in [2.75, 3.05) is 5.75 Å². The number of thioether (sulfide) groups is 1. The molecule has 1 N–H and O–H groups in total. The summed E-state index contributed by atoms with van der Waals surface area (Å²) in [6, 6.07) is 18.4. The summed E-state index contributed by atoms with van der Waals surface area (Å²) < 4.78 is 1.89. The highest BCUT2D eigenvalue weighted by Gasteiger charge is 2.19. The third-order valence-electron chi connectivity index (χ3n) is 4.83. The number of amides is 1. The molecule has 0 aliphatic heterocycles. The van der Waals surface area contributed by atoms with E-state index in [1.807, 2.05) is 34.9 Å². The van der Waals surface area contributed by atoms with E-state index in [0.717, 1.165) is 11.3 Å². The van der Waals surface area contributed by atoms with Crippen molar-refractivity contribution in [1.29, 1.82) is 0 Å². The summed E-state index contributed by atoms with van der Waals surface area (Å²) in [4.78, 5) is 12.7. The molecule has 0 spiro atoms. The van der Waals surface area contributed by atoms with Gasteiger partial charge in [0.1, 0.15) is 6.33 Å². The number of para-hydroxylation sites is 1. The molecule has 1 atom stereocenters. The van der Waals surface area contributed by atoms with Crippen molar-refractivity contribution < 1.29 is 4.79 Å². The molecule has 1 amide bonds. The average molecular weight is 409 g/mol. The lowest BCUT2D eigenvalue weighted by Gasteiger charge is -2.23. The molecule has 0 radical (unpaired) electrons. The lowest BCUT2D eigenvalue weighted by molar-refractivity contribution is -0.119. The third-order valence-corrected chi connectivity index (χ3v) is 5.77. The molecule has 0 bridgehead atoms. The molecular weight excluding hydrogens is 380 g/mol. The molecule has 3 aromatic rings. The van der Waals surface area contributed by atoms with Crippen LogP contribution in [0.25, 0.3) is 5.69 Å². The summed E-state index contributed by atoms with van der Waals surface area (Å²) in [5.74, 6) is 1.07. The molecule has 1 aromatic heterocycles. The van der Waals surface area contributed by atoms with E-state index >= 15 is 0 Å². The molecule has 0 aliphatic carbocycles. The number of carbonyl (C=O) groups excluding carboxylic acids is 1. The van der Waals surface area contributed by atoms with Crippen LogP contribution in [0.5, 0.6) is 0 Å². The van der Waals surface area contributed by atoms with Crippen LogP contribution in [0.1, 0.15) is 50.8 Å². The highest BCUT2D eigenvalue weighted by atomic mass is 32.2. The largest absolute Gasteiger partial charge is 0.348 e. The van der Waals surface area contributed by atoms with Gasteiger partial charge in [-0.3, -0.25) is 9.36 Å². The Morgan fingerprint density at radius 3 is 2.28 bits per heavy atom. The molecule has 3 rings (SSSR count). The van der Waals surface area contributed by atoms with Gasteiger partial charge in [0, 0.05) is 5.69 Å². The van der Waals surface area contributed by atoms with E-state index < -0.39 is 0 Å². The molecule has 6 heteroatoms. The van der Waals surface area contributed by atoms with Crippen molar-refractivity contribution in [1.82, 2.24) is 20.1 Å². The minimum Gasteiger partial charge on any atom is -0.348 e. The van der Waals surface area contributed by atoms with Crippen LogP contribution in [0.2, 0.25) is 0 Å². The van der Waals surface area contributed by atoms with Crippen LogP contribution in [0.15, 0.2) is 66.1 Å². The minimum atomic E-state index is -0.0173. The maximum atomic E-state index is 12.7. The lowest BCUT2D eigenvalue weighted by Crippen LogP contribution is -2.33. The van der Waals surface area contributed by atoms with Crippen molar-refractivity contribution in [3.63, 3.8) is 0 Å². The zero-order valence-corrected chi connectivity index (χ0v) is 18.2. The highest BCUT2D eigenvalue weighted by Crippen LogP contribution is 2.25. The Morgan fingerprint density at radius 1 is 1.00 bits per heavy atom. The molecule has 0 fully saturated rings. The van der Waals surface area contributed by atoms with Crippen molar-refractivity contribution in [2.24, 2.45) is 5.92 Å². The number of hydrogen-bond acceptors (Lipinski definition) is 4. The Labute approximate surface area is 176 Å². The SMILES string of the molecule is CC(C)c1ccc([C@H](NC(=O)CSc2nncn2-c2ccccc2)C(C)C)cc1. The van der Waals surface area contributed by atoms with Crippen LogP contribution < -0.4 is 5.32 Å². The minimum absolute atomic E-state index is 0.00996. The second-order valence-electron chi connectivity index (χ2n) is 7.72. The number of carbonyl (C=O) groups is 1. The predicted molar refractivity (Wildman–Crippen MR) is 118 cm³/mol. The number of benzene rings is 2. The van der Waals surface area contributed by atoms with Gasteiger partial charge in [0.2, 0.25) is 5.91 Å². The van der Waals surface area contributed by atoms with Gasteiger partial charge in [0.15, 0.2) is 5.16 Å². The van der Waals surface area contributed by atoms with E-state index in [0.29, 0.717) is 22.7 Å². The fraction of sp³-hybridized carbons (Fsp3) is 0.348. The monoisotopic (exact) mass is 408 g/mol. The molecule has 0 unspecified atom stereocenters. The van der Waals surface area contributed by atoms with Crippen molar-refractivity contribution >= 4 is 17.7 Å². The molecule has 1 heterocycles. The summed E-state index contributed by atoms with van der Waals surface area (Å²) in [6.45, 7) is 8.62. The van der Waals surface area contributed by atoms with Gasteiger partial charge in [-0.05, 0) is 35.1 Å². The van der Waals surface area contributed by atoms with E-state index in [2.05, 4.69) is 67.5 Å². The van der Waals surface area contributed by atoms with Crippen molar-refractivity contribution in [3.8, 4) is 5.69 Å². The Balaban J connectivity index is 1.64. The Kier molecular flexibility index (Phi) is 7.09. The molecular formula is C23H28N4OS. The first-order valence-corrected chi connectivity index (χ1v) is 10.9. The number of aromatic nitrogens is 3. The summed E-state index contributed by atoms with van der Waals surface area (Å²) in [6.07, 6.45) is 1.67. The smallest absolute Gasteiger partial charge is 0.230 e. The molecule has 152 valence electrons. The number of nitrogens with one attached hydrogen (secondary N) is 1. The maximum absolute atomic E-state index is 12.7. The first-order valence-electron chi connectivity index (χ1n) is 9.93. The topological polar surface area (TPSA) is 59.8 Å². The normalized spacial score (nSPS) is 12.3. The van der Waals surface area contributed by atoms with Crippen LogP contribution >= 0.6 is 11.8 Å². The van der Waals surface area contributed by atoms with E-state index in [-0.39, 0.29) is 11.9 Å². The molecule has 2 aromatic carbocycles. The van der Waals surface area contributed by atoms with Gasteiger partial charge in [-0.15, -0.1) is 10.2 Å². The summed E-state index contributed by atoms with van der Waals surface area (Å²) >= 11 is 1.39. The quantitative estimate of drug-likeness (QED) is 0.533. The second-order valence-corrected chi connectivity index (χ2v) is 8.66. The van der Waals surface area contributed by atoms with Crippen LogP contribution in [0.4, 0.5) is 0 Å². The van der Waals surface area contributed by atoms with Crippen molar-refractivity contribution in [2.45, 2.75) is 44.8 Å². The predicted octanol–water partition coefficient (Wildman–Crippen LogP) is 5.00. The Bertz CT molecular complexity index is 920. The molecule has 0 saturated heterocycles. The summed E-state index contributed by atoms with van der Waals surface area (Å²) in [5.41, 5.74) is 3.42. The van der Waals surface area contributed by atoms with Crippen LogP contribution in [-0.4, -0.2) is 26.4 Å². The van der Waals surface area contributed by atoms with Gasteiger partial charge in [0.25, 0.3) is 0 Å². The zero-order valence-electron chi connectivity index (χ0n) is 17.4. The highest BCUT2D eigenvalue weighted by molar-refractivity contribution is 7.99. The fourth-order valence-corrected chi connectivity index (χ4v) is 3.90. The first-order chi connectivity index (χ1) is 14.0. The lowest BCUT2D eigenvalue weighted by atomic mass is 9.93. The summed E-state index contributed by atoms with van der Waals surface area (Å²) in [5, 5.41) is 12.0. The first kappa shape index (κ1) is 21.1. The molecule has 5 nitrogen and oxygen atoms in total. The molecule has 0 saturated carbocycles. The number of hydrogen-bond donors (Lipinski definition) is 1. The van der Waals surface area contributed by atoms with E-state index in [4.69, 9.17) is 0 Å². The average Bonchev–Trinajstić information content (AvgIpc) is 3.19. The van der Waals surface area contributed by atoms with Gasteiger partial charge in [-0.1, -0.05) is 81.9 Å². The molecule has 0 aliphatic rings. The van der Waals surface area contributed by atoms with Crippen molar-refractivity contribution in [3.05, 3.63) is 72.1 Å². The molecule has 29 heavy (non-hydrogen) atoms. The van der Waals surface area contributed by atoms with Crippen LogP contribution in [0.3, 0.4) is 0 Å². The zero-order chi connectivity index (χ0) is 20.8. The summed E-state index contributed by atoms with van der Waals surface area (Å²) in [7, 11) is 0. The number of rotatable bonds is 8. The second kappa shape index (κ2) is 9.74. The van der Waals surface area contributed by atoms with Gasteiger partial charge in [-0.2, -0.15) is 0 Å². The van der Waals surface area contributed by atoms with Crippen LogP contribution in [-0.2, 0) is 4.79 Å². The maximum Gasteiger partial charge on any atom is 0.230 e. The van der Waals surface area contributed by atoms with Gasteiger partial charge in [-0.25, -0.2) is 0 Å². The Morgan fingerprint density at radius 2 is 1.66 bits per heavy atom. The van der Waals surface area contributed by atoms with E-state index in [9.17, 15) is 4.79 Å². The number of nitrogens with zero attached hydrogens (tertiary/aromatic N) is 3. The third kappa shape index (κ3) is 5.48. The van der Waals surface area contributed by atoms with Gasteiger partial charge < -0.3 is 5.32 Å². The van der Waals surface area contributed by atoms with E-state index in [1.54, 1.807) is 6.33 Å². The van der Waals surface area contributed by atoms with E-state index in [1.165, 1.54) is 17.3 Å². The standard InChI is InChI=1S/C23H28N4OS/c1-16(2)18-10-12-19(13-11-18)22(17(3)4)25-21(28)14-29-23-26-24-15-27(23)20-8-6-5-7-9-20/h5-13,15-17,22H,14H2,1-4H3,(H,25,28)/t22-/m1/s1. The fourth-order valence-electron chi connectivity index (χ4n) is 3.16. The van der Waals surface area contributed by atoms with Gasteiger partial charge >= 0.3 is 0 Å². The van der Waals surface area contributed by atoms with Gasteiger partial charge in [0.05, 0.1) is 11.8 Å².